The maximum absolute atomic E-state index is 14.2. The average molecular weight is 459 g/mol. The number of piperidine rings is 1. The fourth-order valence-electron chi connectivity index (χ4n) is 3.13. The molecule has 2 aromatic carbocycles. The van der Waals surface area contributed by atoms with Crippen LogP contribution < -0.4 is 5.32 Å². The fraction of sp³-hybridized carbons (Fsp3) is 0.263. The molecular formula is C19H17ClF2N2O5S. The lowest BCUT2D eigenvalue weighted by molar-refractivity contribution is -0.142. The molecule has 1 saturated heterocycles. The van der Waals surface area contributed by atoms with Crippen LogP contribution in [-0.2, 0) is 14.8 Å². The van der Waals surface area contributed by atoms with Crippen molar-refractivity contribution >= 4 is 39.2 Å². The van der Waals surface area contributed by atoms with E-state index < -0.39 is 45.0 Å². The van der Waals surface area contributed by atoms with Gasteiger partial charge in [0, 0.05) is 18.1 Å². The number of hydrogen-bond donors (Lipinski definition) is 2. The Kier molecular flexibility index (Phi) is 6.39. The molecule has 1 fully saturated rings. The van der Waals surface area contributed by atoms with E-state index in [1.54, 1.807) is 0 Å². The van der Waals surface area contributed by atoms with Crippen LogP contribution in [0, 0.1) is 17.6 Å². The number of anilines is 1. The van der Waals surface area contributed by atoms with E-state index in [1.165, 1.54) is 12.1 Å². The van der Waals surface area contributed by atoms with Crippen molar-refractivity contribution in [3.05, 3.63) is 58.6 Å². The van der Waals surface area contributed by atoms with Gasteiger partial charge in [-0.2, -0.15) is 4.31 Å². The number of nitrogens with one attached hydrogen (secondary N) is 1. The molecule has 1 amide bonds. The molecule has 30 heavy (non-hydrogen) atoms. The van der Waals surface area contributed by atoms with E-state index in [9.17, 15) is 26.8 Å². The molecule has 0 spiro atoms. The highest BCUT2D eigenvalue weighted by molar-refractivity contribution is 7.89. The number of carboxylic acids is 1. The van der Waals surface area contributed by atoms with Gasteiger partial charge in [0.05, 0.1) is 22.1 Å². The van der Waals surface area contributed by atoms with Crippen LogP contribution in [0.1, 0.15) is 23.2 Å². The minimum absolute atomic E-state index is 0.103. The quantitative estimate of drug-likeness (QED) is 0.715. The van der Waals surface area contributed by atoms with Crippen LogP contribution >= 0.6 is 11.6 Å². The highest BCUT2D eigenvalue weighted by Crippen LogP contribution is 2.26. The third kappa shape index (κ3) is 4.61. The number of carboxylic acid groups (broad SMARTS) is 1. The van der Waals surface area contributed by atoms with Gasteiger partial charge in [-0.3, -0.25) is 9.59 Å². The second kappa shape index (κ2) is 8.66. The summed E-state index contributed by atoms with van der Waals surface area (Å²) >= 11 is 5.65. The van der Waals surface area contributed by atoms with E-state index in [-0.39, 0.29) is 28.7 Å². The summed E-state index contributed by atoms with van der Waals surface area (Å²) in [5, 5.41) is 11.4. The summed E-state index contributed by atoms with van der Waals surface area (Å²) < 4.78 is 54.9. The first kappa shape index (κ1) is 22.1. The summed E-state index contributed by atoms with van der Waals surface area (Å²) in [6.45, 7) is -0.104. The summed E-state index contributed by atoms with van der Waals surface area (Å²) in [6.07, 6.45) is 0.714. The molecule has 2 N–H and O–H groups in total. The molecule has 2 aromatic rings. The second-order valence-corrected chi connectivity index (χ2v) is 9.13. The summed E-state index contributed by atoms with van der Waals surface area (Å²) in [5.74, 6) is -4.83. The molecule has 1 atom stereocenters. The fourth-order valence-corrected chi connectivity index (χ4v) is 4.84. The Bertz CT molecular complexity index is 1110. The van der Waals surface area contributed by atoms with Gasteiger partial charge >= 0.3 is 5.97 Å². The van der Waals surface area contributed by atoms with Crippen LogP contribution in [0.25, 0.3) is 0 Å². The number of carbonyl (C=O) groups excluding carboxylic acids is 1. The number of hydrogen-bond acceptors (Lipinski definition) is 4. The summed E-state index contributed by atoms with van der Waals surface area (Å²) in [7, 11) is -4.16. The Labute approximate surface area is 176 Å². The summed E-state index contributed by atoms with van der Waals surface area (Å²) in [6, 6.07) is 6.13. The number of rotatable bonds is 5. The number of sulfonamides is 1. The van der Waals surface area contributed by atoms with Crippen molar-refractivity contribution in [2.75, 3.05) is 18.4 Å². The molecule has 0 saturated carbocycles. The number of aliphatic carboxylic acids is 1. The van der Waals surface area contributed by atoms with Crippen molar-refractivity contribution in [2.24, 2.45) is 5.92 Å². The standard InChI is InChI=1S/C19H17ClF2N2O5S/c20-12-3-6-17(16(22)8-12)23-18(25)14-9-13(4-5-15(14)21)30(28,29)24-7-1-2-11(10-24)19(26)27/h3-6,8-9,11H,1-2,7,10H2,(H,23,25)(H,26,27). The Hall–Kier alpha value is -2.56. The maximum Gasteiger partial charge on any atom is 0.307 e. The highest BCUT2D eigenvalue weighted by atomic mass is 35.5. The van der Waals surface area contributed by atoms with E-state index in [1.807, 2.05) is 0 Å². The zero-order valence-electron chi connectivity index (χ0n) is 15.4. The molecule has 1 aliphatic heterocycles. The van der Waals surface area contributed by atoms with Crippen molar-refractivity contribution in [3.8, 4) is 0 Å². The van der Waals surface area contributed by atoms with E-state index >= 15 is 0 Å². The second-order valence-electron chi connectivity index (χ2n) is 6.76. The van der Waals surface area contributed by atoms with Gasteiger partial charge in [-0.25, -0.2) is 17.2 Å². The average Bonchev–Trinajstić information content (AvgIpc) is 2.70. The summed E-state index contributed by atoms with van der Waals surface area (Å²) in [5.41, 5.74) is -0.852. The minimum atomic E-state index is -4.16. The van der Waals surface area contributed by atoms with E-state index in [0.29, 0.717) is 12.8 Å². The first-order chi connectivity index (χ1) is 14.1. The van der Waals surface area contributed by atoms with Crippen molar-refractivity contribution in [2.45, 2.75) is 17.7 Å². The first-order valence-corrected chi connectivity index (χ1v) is 10.7. The third-order valence-electron chi connectivity index (χ3n) is 4.73. The van der Waals surface area contributed by atoms with E-state index in [0.717, 1.165) is 28.6 Å². The van der Waals surface area contributed by atoms with Crippen molar-refractivity contribution in [1.29, 1.82) is 0 Å². The molecule has 0 bridgehead atoms. The number of benzene rings is 2. The first-order valence-electron chi connectivity index (χ1n) is 8.88. The maximum atomic E-state index is 14.2. The van der Waals surface area contributed by atoms with Gasteiger partial charge in [0.1, 0.15) is 11.6 Å². The van der Waals surface area contributed by atoms with Crippen molar-refractivity contribution in [3.63, 3.8) is 0 Å². The number of halogens is 3. The smallest absolute Gasteiger partial charge is 0.307 e. The molecule has 0 aliphatic carbocycles. The van der Waals surface area contributed by atoms with Gasteiger partial charge in [-0.1, -0.05) is 11.6 Å². The third-order valence-corrected chi connectivity index (χ3v) is 6.83. The Morgan fingerprint density at radius 2 is 1.87 bits per heavy atom. The lowest BCUT2D eigenvalue weighted by Gasteiger charge is -2.29. The van der Waals surface area contributed by atoms with Crippen LogP contribution in [-0.4, -0.2) is 42.8 Å². The topological polar surface area (TPSA) is 104 Å². The van der Waals surface area contributed by atoms with Gasteiger partial charge in [0.2, 0.25) is 10.0 Å². The normalized spacial score (nSPS) is 17.5. The predicted molar refractivity (Wildman–Crippen MR) is 105 cm³/mol. The van der Waals surface area contributed by atoms with Crippen LogP contribution in [0.2, 0.25) is 5.02 Å². The molecule has 7 nitrogen and oxygen atoms in total. The van der Waals surface area contributed by atoms with Crippen molar-refractivity contribution in [1.82, 2.24) is 4.31 Å². The largest absolute Gasteiger partial charge is 0.481 e. The molecule has 1 aliphatic rings. The zero-order chi connectivity index (χ0) is 22.1. The van der Waals surface area contributed by atoms with Gasteiger partial charge < -0.3 is 10.4 Å². The van der Waals surface area contributed by atoms with Crippen LogP contribution in [0.5, 0.6) is 0 Å². The lowest BCUT2D eigenvalue weighted by Crippen LogP contribution is -2.42. The molecule has 3 rings (SSSR count). The molecule has 0 radical (unpaired) electrons. The van der Waals surface area contributed by atoms with Gasteiger partial charge in [0.25, 0.3) is 5.91 Å². The van der Waals surface area contributed by atoms with Gasteiger partial charge in [-0.05, 0) is 49.2 Å². The molecule has 160 valence electrons. The zero-order valence-corrected chi connectivity index (χ0v) is 17.0. The Balaban J connectivity index is 1.88. The van der Waals surface area contributed by atoms with Crippen molar-refractivity contribution < 1.29 is 31.9 Å². The Morgan fingerprint density at radius 3 is 2.53 bits per heavy atom. The molecular weight excluding hydrogens is 442 g/mol. The minimum Gasteiger partial charge on any atom is -0.481 e. The molecule has 11 heteroatoms. The van der Waals surface area contributed by atoms with Crippen LogP contribution in [0.3, 0.4) is 0 Å². The molecule has 0 aromatic heterocycles. The predicted octanol–water partition coefficient (Wildman–Crippen LogP) is 3.36. The lowest BCUT2D eigenvalue weighted by atomic mass is 10.0. The SMILES string of the molecule is O=C(Nc1ccc(Cl)cc1F)c1cc(S(=O)(=O)N2CCCC(C(=O)O)C2)ccc1F. The van der Waals surface area contributed by atoms with E-state index in [4.69, 9.17) is 16.7 Å². The number of carbonyl (C=O) groups is 2. The monoisotopic (exact) mass is 458 g/mol. The van der Waals surface area contributed by atoms with Gasteiger partial charge in [-0.15, -0.1) is 0 Å². The highest BCUT2D eigenvalue weighted by Gasteiger charge is 2.34. The Morgan fingerprint density at radius 1 is 1.13 bits per heavy atom. The summed E-state index contributed by atoms with van der Waals surface area (Å²) in [4.78, 5) is 23.3. The molecule has 1 unspecified atom stereocenters. The van der Waals surface area contributed by atoms with E-state index in [2.05, 4.69) is 5.32 Å². The number of amides is 1. The van der Waals surface area contributed by atoms with Crippen LogP contribution in [0.15, 0.2) is 41.3 Å². The molecule has 1 heterocycles. The van der Waals surface area contributed by atoms with Gasteiger partial charge in [0.15, 0.2) is 0 Å². The number of nitrogens with zero attached hydrogens (tertiary/aromatic N) is 1. The van der Waals surface area contributed by atoms with Crippen LogP contribution in [0.4, 0.5) is 14.5 Å².